The van der Waals surface area contributed by atoms with Crippen LogP contribution in [0, 0.1) is 0 Å². The summed E-state index contributed by atoms with van der Waals surface area (Å²) >= 11 is 0.944. The van der Waals surface area contributed by atoms with Crippen molar-refractivity contribution in [2.24, 2.45) is 0 Å². The van der Waals surface area contributed by atoms with Gasteiger partial charge in [-0.3, -0.25) is 0 Å². The molecule has 0 bridgehead atoms. The fourth-order valence-corrected chi connectivity index (χ4v) is 0. The van der Waals surface area contributed by atoms with Crippen molar-refractivity contribution in [3.05, 3.63) is 0 Å². The van der Waals surface area contributed by atoms with E-state index in [1.54, 1.807) is 15.8 Å². The van der Waals surface area contributed by atoms with E-state index in [1.807, 2.05) is 0 Å². The molecule has 27 valence electrons. The molecule has 1 nitrogen and oxygen atoms in total. The smallest absolute Gasteiger partial charge is 0 e. The molecule has 0 aromatic carbocycles. The van der Waals surface area contributed by atoms with Crippen LogP contribution in [-0.4, -0.2) is 0 Å². The summed E-state index contributed by atoms with van der Waals surface area (Å²) in [5.41, 5.74) is 0. The van der Waals surface area contributed by atoms with E-state index < -0.39 is 16.3 Å². The third-order valence-electron chi connectivity index (χ3n) is 0. The summed E-state index contributed by atoms with van der Waals surface area (Å²) in [6.45, 7) is 0. The largest absolute Gasteiger partial charge is 0 e. The Kier molecular flexibility index (Phi) is 20.4. The number of rotatable bonds is 0. The molecule has 0 aliphatic heterocycles. The molecule has 0 saturated heterocycles. The van der Waals surface area contributed by atoms with E-state index in [0.29, 0.717) is 0 Å². The van der Waals surface area contributed by atoms with Gasteiger partial charge in [-0.25, -0.2) is 0 Å². The average Bonchev–Trinajstić information content (AvgIpc) is 0.918. The van der Waals surface area contributed by atoms with Crippen molar-refractivity contribution in [3.63, 3.8) is 0 Å². The van der Waals surface area contributed by atoms with Crippen molar-refractivity contribution in [2.75, 3.05) is 0 Å². The third kappa shape index (κ3) is 9.21. The Bertz CT molecular complexity index is 15.5. The minimum absolute atomic E-state index is 0. The van der Waals surface area contributed by atoms with Gasteiger partial charge in [0.2, 0.25) is 0 Å². The van der Waals surface area contributed by atoms with Gasteiger partial charge in [0, 0.05) is 19.5 Å². The van der Waals surface area contributed by atoms with Gasteiger partial charge in [0.05, 0.1) is 0 Å². The molecular formula is IrORuTi. The van der Waals surface area contributed by atoms with Crippen LogP contribution >= 0.6 is 0 Å². The quantitative estimate of drug-likeness (QED) is 0.553. The van der Waals surface area contributed by atoms with Gasteiger partial charge < -0.3 is 0 Å². The van der Waals surface area contributed by atoms with Crippen molar-refractivity contribution in [2.45, 2.75) is 0 Å². The van der Waals surface area contributed by atoms with E-state index in [0.717, 1.165) is 0 Å². The Morgan fingerprint density at radius 3 is 1.75 bits per heavy atom. The van der Waals surface area contributed by atoms with E-state index in [-0.39, 0.29) is 19.5 Å². The van der Waals surface area contributed by atoms with Crippen LogP contribution < -0.4 is 0 Å². The summed E-state index contributed by atoms with van der Waals surface area (Å²) in [6, 6.07) is 0. The maximum absolute atomic E-state index is 9.06. The predicted molar refractivity (Wildman–Crippen MR) is 0.686 cm³/mol. The molecule has 4 heavy (non-hydrogen) atoms. The Morgan fingerprint density at radius 2 is 1.75 bits per heavy atom. The molecule has 0 unspecified atom stereocenters. The van der Waals surface area contributed by atoms with Gasteiger partial charge in [-0.1, -0.05) is 0 Å². The normalized spacial score (nSPS) is 2.50. The van der Waals surface area contributed by atoms with Crippen LogP contribution in [-0.2, 0) is 54.9 Å². The molecule has 0 rings (SSSR count). The summed E-state index contributed by atoms with van der Waals surface area (Å²) < 4.78 is 9.06. The maximum Gasteiger partial charge on any atom is 0 e. The molecule has 0 heterocycles. The SMILES string of the molecule is [O]=[Ti][Ir].[Ru]. The molecule has 0 aromatic rings. The molecule has 0 saturated carbocycles. The molecule has 0 aliphatic rings. The third-order valence-corrected chi connectivity index (χ3v) is 0. The van der Waals surface area contributed by atoms with Crippen LogP contribution in [0.3, 0.4) is 0 Å². The number of hydrogen-bond donors (Lipinski definition) is 0. The van der Waals surface area contributed by atoms with Crippen molar-refractivity contribution in [1.82, 2.24) is 0 Å². The average molecular weight is 357 g/mol. The van der Waals surface area contributed by atoms with E-state index in [9.17, 15) is 0 Å². The van der Waals surface area contributed by atoms with Gasteiger partial charge >= 0.3 is 35.5 Å². The summed E-state index contributed by atoms with van der Waals surface area (Å²) in [5, 5.41) is 0. The van der Waals surface area contributed by atoms with Crippen molar-refractivity contribution >= 4 is 0 Å². The molecule has 0 amide bonds. The van der Waals surface area contributed by atoms with Crippen LogP contribution in [0.2, 0.25) is 0 Å². The van der Waals surface area contributed by atoms with Crippen LogP contribution in [0.25, 0.3) is 0 Å². The Labute approximate surface area is 54.4 Å². The second-order valence-electron chi connectivity index (χ2n) is 0.0680. The molecule has 0 atom stereocenters. The fraction of sp³-hybridized carbons (Fsp3) is 0. The Hall–Kier alpha value is 1.79. The monoisotopic (exact) mass is 359 g/mol. The maximum atomic E-state index is 9.06. The predicted octanol–water partition coefficient (Wildman–Crippen LogP) is -0.126. The molecule has 0 fully saturated rings. The standard InChI is InChI=1S/Ir.O.Ru.Ti. The number of hydrogen-bond acceptors (Lipinski definition) is 1. The van der Waals surface area contributed by atoms with Crippen LogP contribution in [0.4, 0.5) is 0 Å². The summed E-state index contributed by atoms with van der Waals surface area (Å²) in [6.07, 6.45) is 0. The van der Waals surface area contributed by atoms with Gasteiger partial charge in [0.15, 0.2) is 0 Å². The van der Waals surface area contributed by atoms with Crippen LogP contribution in [0.5, 0.6) is 0 Å². The van der Waals surface area contributed by atoms with E-state index in [1.165, 1.54) is 0 Å². The van der Waals surface area contributed by atoms with Crippen LogP contribution in [0.15, 0.2) is 0 Å². The van der Waals surface area contributed by atoms with Crippen molar-refractivity contribution in [1.29, 1.82) is 0 Å². The van der Waals surface area contributed by atoms with Gasteiger partial charge in [-0.05, 0) is 0 Å². The minimum Gasteiger partial charge on any atom is 0 e. The molecule has 0 N–H and O–H groups in total. The molecule has 4 heteroatoms. The summed E-state index contributed by atoms with van der Waals surface area (Å²) in [7, 11) is 0. The van der Waals surface area contributed by atoms with Gasteiger partial charge in [0.25, 0.3) is 0 Å². The minimum atomic E-state index is -0.750. The first-order chi connectivity index (χ1) is 1.41. The van der Waals surface area contributed by atoms with Gasteiger partial charge in [-0.2, -0.15) is 0 Å². The first-order valence-corrected chi connectivity index (χ1v) is 6.47. The zero-order valence-electron chi connectivity index (χ0n) is 1.60. The second kappa shape index (κ2) is 8.84. The molecule has 0 aromatic heterocycles. The molecular weight excluding hydrogens is 357 g/mol. The fourth-order valence-electron chi connectivity index (χ4n) is 0. The summed E-state index contributed by atoms with van der Waals surface area (Å²) in [5.74, 6) is 0. The van der Waals surface area contributed by atoms with Gasteiger partial charge in [0.1, 0.15) is 0 Å². The molecule has 0 aliphatic carbocycles. The molecule has 0 spiro atoms. The zero-order chi connectivity index (χ0) is 2.71. The Morgan fingerprint density at radius 1 is 1.75 bits per heavy atom. The van der Waals surface area contributed by atoms with Crippen molar-refractivity contribution in [3.8, 4) is 0 Å². The Balaban J connectivity index is 0. The first-order valence-electron chi connectivity index (χ1n) is 0.371. The second-order valence-corrected chi connectivity index (χ2v) is 2.30. The molecule has 0 radical (unpaired) electrons. The first kappa shape index (κ1) is 9.25. The van der Waals surface area contributed by atoms with E-state index in [4.69, 9.17) is 3.32 Å². The topological polar surface area (TPSA) is 17.1 Å². The van der Waals surface area contributed by atoms with Crippen LogP contribution in [0.1, 0.15) is 0 Å². The van der Waals surface area contributed by atoms with E-state index >= 15 is 0 Å². The van der Waals surface area contributed by atoms with E-state index in [2.05, 4.69) is 0 Å². The summed E-state index contributed by atoms with van der Waals surface area (Å²) in [4.78, 5) is 0. The van der Waals surface area contributed by atoms with Gasteiger partial charge in [-0.15, -0.1) is 0 Å². The van der Waals surface area contributed by atoms with Crippen molar-refractivity contribution < 1.29 is 54.9 Å². The zero-order valence-corrected chi connectivity index (χ0v) is 7.29.